The number of sulfonamides is 1. The van der Waals surface area contributed by atoms with Crippen molar-refractivity contribution in [3.63, 3.8) is 0 Å². The third kappa shape index (κ3) is 6.87. The van der Waals surface area contributed by atoms with E-state index in [1.165, 1.54) is 17.0 Å². The van der Waals surface area contributed by atoms with Crippen molar-refractivity contribution in [3.05, 3.63) is 93.9 Å². The SMILES string of the molecule is CCNC(=O)[C@@H](C)N(Cc1cccc(Br)c1)C(=O)CN(c1ccc(Cl)cc1)S(=O)(=O)c1ccccc1. The molecule has 7 nitrogen and oxygen atoms in total. The first-order valence-corrected chi connectivity index (χ1v) is 13.9. The molecule has 0 saturated heterocycles. The number of nitrogens with zero attached hydrogens (tertiary/aromatic N) is 2. The fourth-order valence-electron chi connectivity index (χ4n) is 3.59. The lowest BCUT2D eigenvalue weighted by atomic mass is 10.1. The van der Waals surface area contributed by atoms with Crippen LogP contribution in [0.25, 0.3) is 0 Å². The quantitative estimate of drug-likeness (QED) is 0.365. The highest BCUT2D eigenvalue weighted by Gasteiger charge is 2.32. The summed E-state index contributed by atoms with van der Waals surface area (Å²) in [4.78, 5) is 27.8. The highest BCUT2D eigenvalue weighted by atomic mass is 79.9. The predicted molar refractivity (Wildman–Crippen MR) is 145 cm³/mol. The van der Waals surface area contributed by atoms with Gasteiger partial charge in [0.05, 0.1) is 10.6 Å². The van der Waals surface area contributed by atoms with Gasteiger partial charge < -0.3 is 10.2 Å². The molecule has 0 radical (unpaired) electrons. The van der Waals surface area contributed by atoms with Gasteiger partial charge in [-0.25, -0.2) is 8.42 Å². The van der Waals surface area contributed by atoms with Crippen LogP contribution >= 0.6 is 27.5 Å². The van der Waals surface area contributed by atoms with Gasteiger partial charge in [-0.05, 0) is 67.9 Å². The monoisotopic (exact) mass is 591 g/mol. The van der Waals surface area contributed by atoms with E-state index < -0.39 is 28.5 Å². The predicted octanol–water partition coefficient (Wildman–Crippen LogP) is 4.85. The summed E-state index contributed by atoms with van der Waals surface area (Å²) in [5.41, 5.74) is 1.07. The van der Waals surface area contributed by atoms with Crippen molar-refractivity contribution in [2.75, 3.05) is 17.4 Å². The van der Waals surface area contributed by atoms with Crippen molar-refractivity contribution in [1.82, 2.24) is 10.2 Å². The largest absolute Gasteiger partial charge is 0.355 e. The average molecular weight is 593 g/mol. The van der Waals surface area contributed by atoms with Crippen LogP contribution in [0.4, 0.5) is 5.69 Å². The molecule has 0 unspecified atom stereocenters. The molecule has 10 heteroatoms. The van der Waals surface area contributed by atoms with Gasteiger partial charge in [-0.2, -0.15) is 0 Å². The van der Waals surface area contributed by atoms with Crippen LogP contribution in [0.2, 0.25) is 5.02 Å². The summed E-state index contributed by atoms with van der Waals surface area (Å²) in [6.07, 6.45) is 0. The molecule has 0 bridgehead atoms. The number of halogens is 2. The maximum Gasteiger partial charge on any atom is 0.264 e. The van der Waals surface area contributed by atoms with Crippen LogP contribution in [-0.2, 0) is 26.2 Å². The fraction of sp³-hybridized carbons (Fsp3) is 0.231. The first-order valence-electron chi connectivity index (χ1n) is 11.3. The molecule has 36 heavy (non-hydrogen) atoms. The van der Waals surface area contributed by atoms with E-state index in [0.717, 1.165) is 14.3 Å². The van der Waals surface area contributed by atoms with Gasteiger partial charge in [0, 0.05) is 22.6 Å². The molecule has 0 spiro atoms. The molecule has 0 heterocycles. The van der Waals surface area contributed by atoms with Crippen molar-refractivity contribution >= 4 is 55.1 Å². The molecular weight excluding hydrogens is 566 g/mol. The van der Waals surface area contributed by atoms with Crippen LogP contribution in [0.3, 0.4) is 0 Å². The van der Waals surface area contributed by atoms with E-state index in [1.807, 2.05) is 24.3 Å². The number of likely N-dealkylation sites (N-methyl/N-ethyl adjacent to an activating group) is 1. The van der Waals surface area contributed by atoms with Gasteiger partial charge in [-0.1, -0.05) is 57.9 Å². The Balaban J connectivity index is 2.01. The second-order valence-electron chi connectivity index (χ2n) is 8.02. The number of hydrogen-bond donors (Lipinski definition) is 1. The second kappa shape index (κ2) is 12.4. The number of amides is 2. The number of carbonyl (C=O) groups excluding carboxylic acids is 2. The zero-order valence-electron chi connectivity index (χ0n) is 19.9. The summed E-state index contributed by atoms with van der Waals surface area (Å²) < 4.78 is 29.1. The summed E-state index contributed by atoms with van der Waals surface area (Å²) in [5, 5.41) is 3.17. The van der Waals surface area contributed by atoms with E-state index in [-0.39, 0.29) is 23.0 Å². The third-order valence-electron chi connectivity index (χ3n) is 5.48. The maximum atomic E-state index is 13.7. The van der Waals surface area contributed by atoms with E-state index >= 15 is 0 Å². The Morgan fingerprint density at radius 1 is 1.00 bits per heavy atom. The normalized spacial score (nSPS) is 12.0. The summed E-state index contributed by atoms with van der Waals surface area (Å²) in [6.45, 7) is 3.44. The molecule has 3 aromatic carbocycles. The summed E-state index contributed by atoms with van der Waals surface area (Å²) in [5.74, 6) is -0.854. The van der Waals surface area contributed by atoms with Crippen molar-refractivity contribution in [2.45, 2.75) is 31.3 Å². The maximum absolute atomic E-state index is 13.7. The van der Waals surface area contributed by atoms with Crippen LogP contribution < -0.4 is 9.62 Å². The number of hydrogen-bond acceptors (Lipinski definition) is 4. The van der Waals surface area contributed by atoms with E-state index in [2.05, 4.69) is 21.2 Å². The summed E-state index contributed by atoms with van der Waals surface area (Å²) in [7, 11) is -4.10. The number of anilines is 1. The Morgan fingerprint density at radius 2 is 1.67 bits per heavy atom. The molecule has 0 aliphatic carbocycles. The number of rotatable bonds is 10. The van der Waals surface area contributed by atoms with Crippen LogP contribution in [0, 0.1) is 0 Å². The number of benzene rings is 3. The lowest BCUT2D eigenvalue weighted by Gasteiger charge is -2.32. The Hall–Kier alpha value is -2.88. The highest BCUT2D eigenvalue weighted by molar-refractivity contribution is 9.10. The molecule has 0 aliphatic heterocycles. The Kier molecular flexibility index (Phi) is 9.53. The average Bonchev–Trinajstić information content (AvgIpc) is 2.86. The molecule has 190 valence electrons. The van der Waals surface area contributed by atoms with Gasteiger partial charge in [-0.15, -0.1) is 0 Å². The topological polar surface area (TPSA) is 86.8 Å². The van der Waals surface area contributed by atoms with Gasteiger partial charge in [0.2, 0.25) is 11.8 Å². The van der Waals surface area contributed by atoms with Gasteiger partial charge in [0.1, 0.15) is 12.6 Å². The standard InChI is InChI=1S/C26H27BrClN3O4S/c1-3-29-26(33)19(2)30(17-20-8-7-9-21(27)16-20)25(32)18-31(23-14-12-22(28)13-15-23)36(34,35)24-10-5-4-6-11-24/h4-16,19H,3,17-18H2,1-2H3,(H,29,33)/t19-/m1/s1. The van der Waals surface area contributed by atoms with Crippen molar-refractivity contribution in [1.29, 1.82) is 0 Å². The van der Waals surface area contributed by atoms with E-state index in [4.69, 9.17) is 11.6 Å². The highest BCUT2D eigenvalue weighted by Crippen LogP contribution is 2.26. The molecule has 2 amide bonds. The third-order valence-corrected chi connectivity index (χ3v) is 8.02. The van der Waals surface area contributed by atoms with Crippen LogP contribution in [-0.4, -0.2) is 44.3 Å². The van der Waals surface area contributed by atoms with Crippen LogP contribution in [0.15, 0.2) is 88.2 Å². The molecule has 0 fully saturated rings. The molecule has 1 atom stereocenters. The van der Waals surface area contributed by atoms with E-state index in [1.54, 1.807) is 56.3 Å². The van der Waals surface area contributed by atoms with Crippen LogP contribution in [0.5, 0.6) is 0 Å². The molecular formula is C26H27BrClN3O4S. The Morgan fingerprint density at radius 3 is 2.28 bits per heavy atom. The number of carbonyl (C=O) groups is 2. The minimum absolute atomic E-state index is 0.0445. The summed E-state index contributed by atoms with van der Waals surface area (Å²) >= 11 is 9.45. The van der Waals surface area contributed by atoms with Crippen molar-refractivity contribution in [2.24, 2.45) is 0 Å². The van der Waals surface area contributed by atoms with E-state index in [9.17, 15) is 18.0 Å². The minimum Gasteiger partial charge on any atom is -0.355 e. The zero-order valence-corrected chi connectivity index (χ0v) is 23.1. The molecule has 0 saturated carbocycles. The number of nitrogens with one attached hydrogen (secondary N) is 1. The molecule has 0 aromatic heterocycles. The molecule has 3 aromatic rings. The Bertz CT molecular complexity index is 1300. The van der Waals surface area contributed by atoms with Gasteiger partial charge in [0.15, 0.2) is 0 Å². The van der Waals surface area contributed by atoms with Crippen molar-refractivity contribution < 1.29 is 18.0 Å². The van der Waals surface area contributed by atoms with Gasteiger partial charge in [-0.3, -0.25) is 13.9 Å². The van der Waals surface area contributed by atoms with Crippen LogP contribution in [0.1, 0.15) is 19.4 Å². The smallest absolute Gasteiger partial charge is 0.264 e. The van der Waals surface area contributed by atoms with E-state index in [0.29, 0.717) is 11.6 Å². The minimum atomic E-state index is -4.10. The zero-order chi connectivity index (χ0) is 26.3. The lowest BCUT2D eigenvalue weighted by Crippen LogP contribution is -2.51. The molecule has 3 rings (SSSR count). The second-order valence-corrected chi connectivity index (χ2v) is 11.2. The Labute approximate surface area is 225 Å². The first-order chi connectivity index (χ1) is 17.1. The van der Waals surface area contributed by atoms with Gasteiger partial charge in [0.25, 0.3) is 10.0 Å². The molecule has 1 N–H and O–H groups in total. The fourth-order valence-corrected chi connectivity index (χ4v) is 5.60. The first kappa shape index (κ1) is 27.7. The van der Waals surface area contributed by atoms with Gasteiger partial charge >= 0.3 is 0 Å². The summed E-state index contributed by atoms with van der Waals surface area (Å²) in [6, 6.07) is 20.6. The lowest BCUT2D eigenvalue weighted by molar-refractivity contribution is -0.139. The molecule has 0 aliphatic rings. The van der Waals surface area contributed by atoms with Crippen molar-refractivity contribution in [3.8, 4) is 0 Å².